The maximum absolute atomic E-state index is 5.75. The van der Waals surface area contributed by atoms with Gasteiger partial charge in [0.2, 0.25) is 0 Å². The van der Waals surface area contributed by atoms with Crippen molar-refractivity contribution in [2.24, 2.45) is 0 Å². The van der Waals surface area contributed by atoms with E-state index in [0.717, 1.165) is 5.69 Å². The summed E-state index contributed by atoms with van der Waals surface area (Å²) in [5, 5.41) is 0. The fourth-order valence-electron chi connectivity index (χ4n) is 2.63. The van der Waals surface area contributed by atoms with Gasteiger partial charge in [-0.2, -0.15) is 0 Å². The van der Waals surface area contributed by atoms with Gasteiger partial charge in [-0.25, -0.2) is 0 Å². The molecule has 122 valence electrons. The van der Waals surface area contributed by atoms with Crippen molar-refractivity contribution < 1.29 is 0 Å². The molecule has 3 aromatic carbocycles. The minimum Gasteiger partial charge on any atom is -0.399 e. The summed E-state index contributed by atoms with van der Waals surface area (Å²) >= 11 is 0. The van der Waals surface area contributed by atoms with Crippen LogP contribution in [-0.4, -0.2) is 0 Å². The molecule has 1 nitrogen and oxygen atoms in total. The Balaban J connectivity index is 1.76. The van der Waals surface area contributed by atoms with E-state index in [-0.39, 0.29) is 0 Å². The lowest BCUT2D eigenvalue weighted by Gasteiger charge is -2.06. The SMILES string of the molecule is C=C/C=C\C=C/c1ccc(-c2ccc(-c3ccc(N)cc3)cc2)cc1. The van der Waals surface area contributed by atoms with E-state index in [1.165, 1.54) is 27.8 Å². The molecule has 0 fully saturated rings. The highest BCUT2D eigenvalue weighted by atomic mass is 14.5. The summed E-state index contributed by atoms with van der Waals surface area (Å²) < 4.78 is 0. The quantitative estimate of drug-likeness (QED) is 0.429. The first-order valence-corrected chi connectivity index (χ1v) is 8.28. The van der Waals surface area contributed by atoms with Crippen LogP contribution in [-0.2, 0) is 0 Å². The Bertz CT molecular complexity index is 880. The third-order valence-electron chi connectivity index (χ3n) is 4.02. The normalized spacial score (nSPS) is 11.2. The lowest BCUT2D eigenvalue weighted by atomic mass is 9.99. The second-order valence-corrected chi connectivity index (χ2v) is 5.80. The van der Waals surface area contributed by atoms with E-state index in [2.05, 4.69) is 61.2 Å². The molecule has 0 bridgehead atoms. The van der Waals surface area contributed by atoms with Crippen molar-refractivity contribution in [1.82, 2.24) is 0 Å². The monoisotopic (exact) mass is 323 g/mol. The molecule has 0 unspecified atom stereocenters. The average molecular weight is 323 g/mol. The number of hydrogen-bond acceptors (Lipinski definition) is 1. The summed E-state index contributed by atoms with van der Waals surface area (Å²) in [6, 6.07) is 25.1. The molecule has 1 heteroatoms. The highest BCUT2D eigenvalue weighted by molar-refractivity contribution is 5.72. The van der Waals surface area contributed by atoms with Gasteiger partial charge in [-0.1, -0.05) is 97.6 Å². The van der Waals surface area contributed by atoms with Gasteiger partial charge in [-0.3, -0.25) is 0 Å². The molecule has 3 rings (SSSR count). The third-order valence-corrected chi connectivity index (χ3v) is 4.02. The fourth-order valence-corrected chi connectivity index (χ4v) is 2.63. The molecule has 0 amide bonds. The van der Waals surface area contributed by atoms with Gasteiger partial charge in [-0.05, 0) is 39.9 Å². The van der Waals surface area contributed by atoms with Gasteiger partial charge in [0.15, 0.2) is 0 Å². The van der Waals surface area contributed by atoms with Gasteiger partial charge in [0, 0.05) is 5.69 Å². The molecule has 0 heterocycles. The van der Waals surface area contributed by atoms with Crippen LogP contribution in [0.4, 0.5) is 5.69 Å². The molecular weight excluding hydrogens is 302 g/mol. The Kier molecular flexibility index (Phi) is 5.28. The third kappa shape index (κ3) is 4.36. The summed E-state index contributed by atoms with van der Waals surface area (Å²) in [5.74, 6) is 0. The number of benzene rings is 3. The highest BCUT2D eigenvalue weighted by Gasteiger charge is 2.00. The van der Waals surface area contributed by atoms with Crippen LogP contribution in [0.25, 0.3) is 28.3 Å². The lowest BCUT2D eigenvalue weighted by Crippen LogP contribution is -1.84. The smallest absolute Gasteiger partial charge is 0.0314 e. The van der Waals surface area contributed by atoms with Crippen molar-refractivity contribution in [2.45, 2.75) is 0 Å². The maximum Gasteiger partial charge on any atom is 0.0314 e. The van der Waals surface area contributed by atoms with Crippen molar-refractivity contribution in [3.63, 3.8) is 0 Å². The molecule has 0 radical (unpaired) electrons. The number of nitrogen functional groups attached to an aromatic ring is 1. The summed E-state index contributed by atoms with van der Waals surface area (Å²) in [7, 11) is 0. The highest BCUT2D eigenvalue weighted by Crippen LogP contribution is 2.25. The Morgan fingerprint density at radius 3 is 1.48 bits per heavy atom. The summed E-state index contributed by atoms with van der Waals surface area (Å²) in [4.78, 5) is 0. The minimum absolute atomic E-state index is 0.787. The molecule has 25 heavy (non-hydrogen) atoms. The predicted octanol–water partition coefficient (Wildman–Crippen LogP) is 6.36. The Hall–Kier alpha value is -3.32. The molecule has 3 aromatic rings. The first-order valence-electron chi connectivity index (χ1n) is 8.28. The number of allylic oxidation sites excluding steroid dienone is 4. The molecule has 0 aliphatic carbocycles. The van der Waals surface area contributed by atoms with Crippen LogP contribution in [0.5, 0.6) is 0 Å². The van der Waals surface area contributed by atoms with Crippen molar-refractivity contribution in [3.8, 4) is 22.3 Å². The van der Waals surface area contributed by atoms with E-state index in [0.29, 0.717) is 0 Å². The van der Waals surface area contributed by atoms with Crippen LogP contribution < -0.4 is 5.73 Å². The molecule has 0 atom stereocenters. The van der Waals surface area contributed by atoms with Crippen molar-refractivity contribution in [2.75, 3.05) is 5.73 Å². The van der Waals surface area contributed by atoms with Gasteiger partial charge in [0.05, 0.1) is 0 Å². The second kappa shape index (κ2) is 7.98. The first kappa shape index (κ1) is 16.5. The summed E-state index contributed by atoms with van der Waals surface area (Å²) in [6.07, 6.45) is 9.73. The second-order valence-electron chi connectivity index (χ2n) is 5.80. The van der Waals surface area contributed by atoms with Crippen molar-refractivity contribution in [1.29, 1.82) is 0 Å². The van der Waals surface area contributed by atoms with Crippen molar-refractivity contribution >= 4 is 11.8 Å². The molecule has 2 N–H and O–H groups in total. The van der Waals surface area contributed by atoms with E-state index in [1.807, 2.05) is 42.5 Å². The van der Waals surface area contributed by atoms with Crippen LogP contribution in [0.2, 0.25) is 0 Å². The van der Waals surface area contributed by atoms with Crippen LogP contribution in [0.3, 0.4) is 0 Å². The Morgan fingerprint density at radius 1 is 0.560 bits per heavy atom. The van der Waals surface area contributed by atoms with Crippen LogP contribution >= 0.6 is 0 Å². The van der Waals surface area contributed by atoms with Gasteiger partial charge in [-0.15, -0.1) is 0 Å². The zero-order chi connectivity index (χ0) is 17.5. The standard InChI is InChI=1S/C24H21N/c1-2-3-4-5-6-19-7-9-20(10-8-19)21-11-13-22(14-12-21)23-15-17-24(25)18-16-23/h2-18H,1,25H2/b4-3-,6-5-. The van der Waals surface area contributed by atoms with Crippen LogP contribution in [0.15, 0.2) is 104 Å². The Labute approximate surface area is 149 Å². The van der Waals surface area contributed by atoms with Crippen molar-refractivity contribution in [3.05, 3.63) is 109 Å². The molecule has 0 aliphatic heterocycles. The Morgan fingerprint density at radius 2 is 1.00 bits per heavy atom. The largest absolute Gasteiger partial charge is 0.399 e. The molecule has 0 aromatic heterocycles. The molecular formula is C24H21N. The van der Waals surface area contributed by atoms with E-state index >= 15 is 0 Å². The van der Waals surface area contributed by atoms with Gasteiger partial charge in [0.1, 0.15) is 0 Å². The minimum atomic E-state index is 0.787. The van der Waals surface area contributed by atoms with Gasteiger partial charge < -0.3 is 5.73 Å². The first-order chi connectivity index (χ1) is 12.3. The number of rotatable bonds is 5. The maximum atomic E-state index is 5.75. The van der Waals surface area contributed by atoms with Gasteiger partial charge >= 0.3 is 0 Å². The van der Waals surface area contributed by atoms with E-state index in [1.54, 1.807) is 6.08 Å². The number of nitrogens with two attached hydrogens (primary N) is 1. The predicted molar refractivity (Wildman–Crippen MR) is 110 cm³/mol. The average Bonchev–Trinajstić information content (AvgIpc) is 2.67. The number of hydrogen-bond donors (Lipinski definition) is 1. The molecule has 0 spiro atoms. The van der Waals surface area contributed by atoms with Crippen LogP contribution in [0.1, 0.15) is 5.56 Å². The summed E-state index contributed by atoms with van der Waals surface area (Å²) in [6.45, 7) is 3.65. The lowest BCUT2D eigenvalue weighted by molar-refractivity contribution is 1.58. The topological polar surface area (TPSA) is 26.0 Å². The zero-order valence-corrected chi connectivity index (χ0v) is 14.1. The zero-order valence-electron chi connectivity index (χ0n) is 14.1. The van der Waals surface area contributed by atoms with E-state index < -0.39 is 0 Å². The number of anilines is 1. The van der Waals surface area contributed by atoms with E-state index in [4.69, 9.17) is 5.73 Å². The fraction of sp³-hybridized carbons (Fsp3) is 0. The van der Waals surface area contributed by atoms with Crippen LogP contribution in [0, 0.1) is 0 Å². The molecule has 0 saturated carbocycles. The molecule has 0 aliphatic rings. The summed E-state index contributed by atoms with van der Waals surface area (Å²) in [5.41, 5.74) is 12.5. The van der Waals surface area contributed by atoms with Gasteiger partial charge in [0.25, 0.3) is 0 Å². The van der Waals surface area contributed by atoms with E-state index in [9.17, 15) is 0 Å². The molecule has 0 saturated heterocycles.